The third kappa shape index (κ3) is 4.77. The number of hydrogen-bond donors (Lipinski definition) is 1. The van der Waals surface area contributed by atoms with Crippen molar-refractivity contribution in [1.29, 1.82) is 0 Å². The molecule has 1 heterocycles. The lowest BCUT2D eigenvalue weighted by Gasteiger charge is -2.12. The minimum absolute atomic E-state index is 0.0897. The number of aliphatic carboxylic acids is 1. The zero-order valence-electron chi connectivity index (χ0n) is 12.6. The zero-order valence-corrected chi connectivity index (χ0v) is 15.0. The molecule has 23 heavy (non-hydrogen) atoms. The molecule has 9 heteroatoms. The molecule has 0 aliphatic rings. The summed E-state index contributed by atoms with van der Waals surface area (Å²) in [6, 6.07) is 6.78. The smallest absolute Gasteiger partial charge is 0.309 e. The van der Waals surface area contributed by atoms with Crippen LogP contribution in [0.1, 0.15) is 11.3 Å². The van der Waals surface area contributed by atoms with E-state index in [2.05, 4.69) is 4.98 Å². The number of carboxylic acids is 1. The molecule has 0 saturated heterocycles. The minimum Gasteiger partial charge on any atom is -0.481 e. The molecule has 1 aromatic heterocycles. The van der Waals surface area contributed by atoms with Crippen molar-refractivity contribution in [1.82, 2.24) is 9.29 Å². The van der Waals surface area contributed by atoms with Crippen LogP contribution in [0.4, 0.5) is 0 Å². The molecule has 0 bridgehead atoms. The fourth-order valence-electron chi connectivity index (χ4n) is 1.74. The van der Waals surface area contributed by atoms with Crippen molar-refractivity contribution in [2.75, 3.05) is 14.1 Å². The molecule has 0 fully saturated rings. The molecule has 0 amide bonds. The second kappa shape index (κ2) is 7.43. The van der Waals surface area contributed by atoms with Gasteiger partial charge in [0.15, 0.2) is 0 Å². The number of sulfonamides is 1. The maximum absolute atomic E-state index is 12.1. The highest BCUT2D eigenvalue weighted by atomic mass is 32.2. The molecule has 0 unspecified atom stereocenters. The van der Waals surface area contributed by atoms with E-state index in [-0.39, 0.29) is 11.3 Å². The van der Waals surface area contributed by atoms with Gasteiger partial charge in [0.1, 0.15) is 4.34 Å². The van der Waals surface area contributed by atoms with Crippen LogP contribution in [0.25, 0.3) is 0 Å². The lowest BCUT2D eigenvalue weighted by Crippen LogP contribution is -2.22. The van der Waals surface area contributed by atoms with Crippen LogP contribution in [0.3, 0.4) is 0 Å². The van der Waals surface area contributed by atoms with Gasteiger partial charge >= 0.3 is 5.97 Å². The van der Waals surface area contributed by atoms with Crippen LogP contribution in [-0.2, 0) is 27.0 Å². The molecule has 124 valence electrons. The van der Waals surface area contributed by atoms with Gasteiger partial charge in [-0.2, -0.15) is 0 Å². The predicted molar refractivity (Wildman–Crippen MR) is 90.3 cm³/mol. The normalized spacial score (nSPS) is 11.8. The summed E-state index contributed by atoms with van der Waals surface area (Å²) in [5, 5.41) is 10.5. The van der Waals surface area contributed by atoms with Crippen molar-refractivity contribution >= 4 is 39.1 Å². The van der Waals surface area contributed by atoms with Gasteiger partial charge in [-0.3, -0.25) is 4.79 Å². The number of benzene rings is 1. The van der Waals surface area contributed by atoms with Crippen molar-refractivity contribution in [3.8, 4) is 0 Å². The molecule has 0 atom stereocenters. The quantitative estimate of drug-likeness (QED) is 0.751. The number of carboxylic acid groups (broad SMARTS) is 1. The molecule has 1 aromatic carbocycles. The summed E-state index contributed by atoms with van der Waals surface area (Å²) in [5.41, 5.74) is 1.40. The molecular weight excluding hydrogens is 356 g/mol. The minimum atomic E-state index is -3.45. The van der Waals surface area contributed by atoms with Gasteiger partial charge in [0.25, 0.3) is 0 Å². The average Bonchev–Trinajstić information content (AvgIpc) is 2.92. The summed E-state index contributed by atoms with van der Waals surface area (Å²) in [5.74, 6) is -0.343. The largest absolute Gasteiger partial charge is 0.481 e. The van der Waals surface area contributed by atoms with Gasteiger partial charge in [0.2, 0.25) is 10.0 Å². The fraction of sp³-hybridized carbons (Fsp3) is 0.286. The van der Waals surface area contributed by atoms with Crippen molar-refractivity contribution in [2.45, 2.75) is 21.4 Å². The number of thiazole rings is 1. The van der Waals surface area contributed by atoms with Crippen LogP contribution in [0, 0.1) is 0 Å². The monoisotopic (exact) mass is 372 g/mol. The Bertz CT molecular complexity index is 800. The third-order valence-corrected chi connectivity index (χ3v) is 6.85. The number of rotatable bonds is 7. The van der Waals surface area contributed by atoms with Crippen molar-refractivity contribution < 1.29 is 18.3 Å². The van der Waals surface area contributed by atoms with Gasteiger partial charge in [-0.1, -0.05) is 23.9 Å². The molecule has 6 nitrogen and oxygen atoms in total. The van der Waals surface area contributed by atoms with E-state index < -0.39 is 16.0 Å². The Balaban J connectivity index is 2.07. The van der Waals surface area contributed by atoms with E-state index in [1.807, 2.05) is 6.07 Å². The van der Waals surface area contributed by atoms with E-state index in [9.17, 15) is 13.2 Å². The average molecular weight is 372 g/mol. The van der Waals surface area contributed by atoms with Crippen molar-refractivity contribution in [3.05, 3.63) is 40.9 Å². The SMILES string of the molecule is CN(C)S(=O)(=O)c1cccc(CSc2nc(CC(=O)O)cs2)c1. The first kappa shape index (κ1) is 17.9. The lowest BCUT2D eigenvalue weighted by molar-refractivity contribution is -0.136. The first-order chi connectivity index (χ1) is 10.8. The van der Waals surface area contributed by atoms with Crippen LogP contribution in [0.15, 0.2) is 38.9 Å². The Labute approximate surface area is 143 Å². The highest BCUT2D eigenvalue weighted by molar-refractivity contribution is 8.00. The van der Waals surface area contributed by atoms with E-state index in [1.54, 1.807) is 23.6 Å². The second-order valence-corrected chi connectivity index (χ2v) is 9.13. The number of thioether (sulfide) groups is 1. The molecular formula is C14H16N2O4S3. The van der Waals surface area contributed by atoms with Gasteiger partial charge in [-0.05, 0) is 17.7 Å². The molecule has 0 radical (unpaired) electrons. The first-order valence-electron chi connectivity index (χ1n) is 6.59. The Kier molecular flexibility index (Phi) is 5.79. The summed E-state index contributed by atoms with van der Waals surface area (Å²) in [7, 11) is -0.453. The fourth-order valence-corrected chi connectivity index (χ4v) is 4.50. The van der Waals surface area contributed by atoms with Gasteiger partial charge in [-0.15, -0.1) is 11.3 Å². The lowest BCUT2D eigenvalue weighted by atomic mass is 10.2. The van der Waals surface area contributed by atoms with Crippen LogP contribution in [0.2, 0.25) is 0 Å². The van der Waals surface area contributed by atoms with E-state index in [1.165, 1.54) is 41.5 Å². The standard InChI is InChI=1S/C14H16N2O4S3/c1-16(2)23(19,20)12-5-3-4-10(6-12)8-21-14-15-11(9-22-14)7-13(17)18/h3-6,9H,7-8H2,1-2H3,(H,17,18). The van der Waals surface area contributed by atoms with Crippen LogP contribution in [0.5, 0.6) is 0 Å². The van der Waals surface area contributed by atoms with Crippen molar-refractivity contribution in [3.63, 3.8) is 0 Å². The summed E-state index contributed by atoms with van der Waals surface area (Å²) in [4.78, 5) is 15.1. The Morgan fingerprint density at radius 2 is 2.13 bits per heavy atom. The van der Waals surface area contributed by atoms with Gasteiger partial charge < -0.3 is 5.11 Å². The molecule has 0 aliphatic carbocycles. The predicted octanol–water partition coefficient (Wildman–Crippen LogP) is 2.31. The molecule has 0 saturated carbocycles. The highest BCUT2D eigenvalue weighted by Crippen LogP contribution is 2.27. The Morgan fingerprint density at radius 1 is 1.39 bits per heavy atom. The van der Waals surface area contributed by atoms with E-state index in [4.69, 9.17) is 5.11 Å². The third-order valence-electron chi connectivity index (χ3n) is 2.90. The maximum Gasteiger partial charge on any atom is 0.309 e. The van der Waals surface area contributed by atoms with E-state index in [0.29, 0.717) is 11.4 Å². The number of hydrogen-bond acceptors (Lipinski definition) is 6. The molecule has 2 aromatic rings. The molecule has 2 rings (SSSR count). The van der Waals surface area contributed by atoms with Crippen molar-refractivity contribution in [2.24, 2.45) is 0 Å². The molecule has 0 spiro atoms. The summed E-state index contributed by atoms with van der Waals surface area (Å²) in [6.07, 6.45) is -0.0897. The molecule has 0 aliphatic heterocycles. The number of aromatic nitrogens is 1. The highest BCUT2D eigenvalue weighted by Gasteiger charge is 2.17. The van der Waals surface area contributed by atoms with Crippen LogP contribution < -0.4 is 0 Å². The number of carbonyl (C=O) groups is 1. The van der Waals surface area contributed by atoms with Crippen LogP contribution >= 0.6 is 23.1 Å². The zero-order chi connectivity index (χ0) is 17.0. The van der Waals surface area contributed by atoms with Gasteiger partial charge in [-0.25, -0.2) is 17.7 Å². The summed E-state index contributed by atoms with van der Waals surface area (Å²) in [6.45, 7) is 0. The number of nitrogens with zero attached hydrogens (tertiary/aromatic N) is 2. The van der Waals surface area contributed by atoms with E-state index >= 15 is 0 Å². The first-order valence-corrected chi connectivity index (χ1v) is 9.90. The van der Waals surface area contributed by atoms with Gasteiger partial charge in [0.05, 0.1) is 17.0 Å². The maximum atomic E-state index is 12.1. The summed E-state index contributed by atoms with van der Waals surface area (Å²) >= 11 is 2.84. The Hall–Kier alpha value is -1.42. The van der Waals surface area contributed by atoms with Gasteiger partial charge in [0, 0.05) is 25.2 Å². The topological polar surface area (TPSA) is 87.6 Å². The summed E-state index contributed by atoms with van der Waals surface area (Å²) < 4.78 is 26.2. The van der Waals surface area contributed by atoms with E-state index in [0.717, 1.165) is 9.90 Å². The molecule has 1 N–H and O–H groups in total. The second-order valence-electron chi connectivity index (χ2n) is 4.90. The van der Waals surface area contributed by atoms with Crippen LogP contribution in [-0.4, -0.2) is 42.9 Å². The Morgan fingerprint density at radius 3 is 2.78 bits per heavy atom.